The Bertz CT molecular complexity index is 564. The molecule has 0 bridgehead atoms. The third-order valence-corrected chi connectivity index (χ3v) is 5.20. The number of halogens is 2. The van der Waals surface area contributed by atoms with E-state index in [0.717, 1.165) is 38.4 Å². The highest BCUT2D eigenvalue weighted by Crippen LogP contribution is 2.43. The minimum atomic E-state index is -0.838. The molecule has 1 saturated carbocycles. The molecule has 2 N–H and O–H groups in total. The molecule has 2 aliphatic rings. The lowest BCUT2D eigenvalue weighted by molar-refractivity contribution is -0.133. The fraction of sp³-hybridized carbons (Fsp3) is 0.588. The van der Waals surface area contributed by atoms with Gasteiger partial charge in [-0.15, -0.1) is 0 Å². The molecule has 1 saturated heterocycles. The van der Waals surface area contributed by atoms with Gasteiger partial charge in [-0.2, -0.15) is 0 Å². The predicted octanol–water partition coefficient (Wildman–Crippen LogP) is 2.40. The molecule has 120 valence electrons. The second-order valence-electron chi connectivity index (χ2n) is 6.45. The summed E-state index contributed by atoms with van der Waals surface area (Å²) in [6, 6.07) is 4.16. The van der Waals surface area contributed by atoms with Gasteiger partial charge in [-0.1, -0.05) is 25.0 Å². The largest absolute Gasteiger partial charge is 0.355 e. The Morgan fingerprint density at radius 2 is 2.23 bits per heavy atom. The van der Waals surface area contributed by atoms with Crippen molar-refractivity contribution >= 4 is 5.91 Å². The fourth-order valence-electron chi connectivity index (χ4n) is 3.92. The van der Waals surface area contributed by atoms with E-state index in [1.165, 1.54) is 12.5 Å². The zero-order valence-corrected chi connectivity index (χ0v) is 12.6. The van der Waals surface area contributed by atoms with Crippen molar-refractivity contribution in [3.05, 3.63) is 35.4 Å². The molecule has 1 aliphatic heterocycles. The Balaban J connectivity index is 1.59. The Kier molecular flexibility index (Phi) is 4.43. The van der Waals surface area contributed by atoms with Crippen LogP contribution < -0.4 is 10.6 Å². The number of hydrogen-bond acceptors (Lipinski definition) is 2. The molecule has 2 fully saturated rings. The molecule has 3 nitrogen and oxygen atoms in total. The highest BCUT2D eigenvalue weighted by atomic mass is 19.2. The van der Waals surface area contributed by atoms with Crippen LogP contribution in [0.2, 0.25) is 0 Å². The number of amides is 1. The van der Waals surface area contributed by atoms with Crippen LogP contribution in [-0.2, 0) is 11.2 Å². The van der Waals surface area contributed by atoms with Crippen LogP contribution in [0.3, 0.4) is 0 Å². The molecule has 3 rings (SSSR count). The van der Waals surface area contributed by atoms with Gasteiger partial charge in [-0.05, 0) is 43.4 Å². The van der Waals surface area contributed by atoms with Crippen LogP contribution in [-0.4, -0.2) is 25.5 Å². The molecule has 22 heavy (non-hydrogen) atoms. The molecular formula is C17H22F2N2O. The van der Waals surface area contributed by atoms with E-state index in [0.29, 0.717) is 24.4 Å². The standard InChI is InChI=1S/C17H22F2N2O/c18-14-6-3-4-12(15(14)19)7-9-21-16(22)17-8-2-1-5-13(17)10-20-11-17/h3-4,6,13,20H,1-2,5,7-11H2,(H,21,22)/t13-,17+/m0/s1. The molecule has 0 spiro atoms. The van der Waals surface area contributed by atoms with Crippen molar-refractivity contribution in [2.45, 2.75) is 32.1 Å². The van der Waals surface area contributed by atoms with Crippen molar-refractivity contribution in [2.75, 3.05) is 19.6 Å². The van der Waals surface area contributed by atoms with Crippen LogP contribution in [0.1, 0.15) is 31.2 Å². The lowest BCUT2D eigenvalue weighted by Gasteiger charge is -2.37. The van der Waals surface area contributed by atoms with Crippen LogP contribution in [0.5, 0.6) is 0 Å². The highest BCUT2D eigenvalue weighted by Gasteiger charge is 2.49. The summed E-state index contributed by atoms with van der Waals surface area (Å²) < 4.78 is 26.8. The highest BCUT2D eigenvalue weighted by molar-refractivity contribution is 5.83. The Morgan fingerprint density at radius 3 is 3.09 bits per heavy atom. The van der Waals surface area contributed by atoms with Gasteiger partial charge in [0.25, 0.3) is 0 Å². The van der Waals surface area contributed by atoms with Crippen molar-refractivity contribution in [1.29, 1.82) is 0 Å². The molecular weight excluding hydrogens is 286 g/mol. The van der Waals surface area contributed by atoms with Gasteiger partial charge in [0.05, 0.1) is 5.41 Å². The van der Waals surface area contributed by atoms with Gasteiger partial charge in [0.1, 0.15) is 0 Å². The summed E-state index contributed by atoms with van der Waals surface area (Å²) in [4.78, 5) is 12.6. The minimum Gasteiger partial charge on any atom is -0.355 e. The molecule has 1 heterocycles. The van der Waals surface area contributed by atoms with Crippen LogP contribution in [0.15, 0.2) is 18.2 Å². The number of benzene rings is 1. The Labute approximate surface area is 129 Å². The molecule has 2 atom stereocenters. The second-order valence-corrected chi connectivity index (χ2v) is 6.45. The first-order valence-electron chi connectivity index (χ1n) is 8.05. The fourth-order valence-corrected chi connectivity index (χ4v) is 3.92. The van der Waals surface area contributed by atoms with E-state index < -0.39 is 11.6 Å². The van der Waals surface area contributed by atoms with E-state index in [1.807, 2.05) is 0 Å². The van der Waals surface area contributed by atoms with Crippen LogP contribution >= 0.6 is 0 Å². The zero-order chi connectivity index (χ0) is 15.6. The molecule has 0 unspecified atom stereocenters. The van der Waals surface area contributed by atoms with E-state index in [1.54, 1.807) is 6.07 Å². The lowest BCUT2D eigenvalue weighted by Crippen LogP contribution is -2.48. The molecule has 1 aromatic carbocycles. The van der Waals surface area contributed by atoms with Crippen molar-refractivity contribution in [2.24, 2.45) is 11.3 Å². The quantitative estimate of drug-likeness (QED) is 0.897. The van der Waals surface area contributed by atoms with Gasteiger partial charge in [0.2, 0.25) is 5.91 Å². The average molecular weight is 308 g/mol. The molecule has 1 amide bonds. The Hall–Kier alpha value is -1.49. The number of carbonyl (C=O) groups is 1. The van der Waals surface area contributed by atoms with E-state index in [9.17, 15) is 13.6 Å². The molecule has 0 aromatic heterocycles. The van der Waals surface area contributed by atoms with E-state index in [2.05, 4.69) is 10.6 Å². The number of rotatable bonds is 4. The summed E-state index contributed by atoms with van der Waals surface area (Å²) in [6.45, 7) is 1.98. The van der Waals surface area contributed by atoms with Gasteiger partial charge in [-0.25, -0.2) is 8.78 Å². The van der Waals surface area contributed by atoms with Crippen LogP contribution in [0.4, 0.5) is 8.78 Å². The van der Waals surface area contributed by atoms with E-state index in [-0.39, 0.29) is 11.3 Å². The summed E-state index contributed by atoms with van der Waals surface area (Å²) in [5, 5.41) is 6.28. The summed E-state index contributed by atoms with van der Waals surface area (Å²) in [7, 11) is 0. The van der Waals surface area contributed by atoms with Gasteiger partial charge < -0.3 is 10.6 Å². The molecule has 5 heteroatoms. The smallest absolute Gasteiger partial charge is 0.227 e. The molecule has 0 radical (unpaired) electrons. The number of nitrogens with one attached hydrogen (secondary N) is 2. The van der Waals surface area contributed by atoms with Crippen molar-refractivity contribution in [3.8, 4) is 0 Å². The van der Waals surface area contributed by atoms with Crippen molar-refractivity contribution < 1.29 is 13.6 Å². The van der Waals surface area contributed by atoms with E-state index in [4.69, 9.17) is 0 Å². The monoisotopic (exact) mass is 308 g/mol. The maximum absolute atomic E-state index is 13.6. The van der Waals surface area contributed by atoms with Gasteiger partial charge in [0.15, 0.2) is 11.6 Å². The summed E-state index contributed by atoms with van der Waals surface area (Å²) in [5.41, 5.74) is 0.0150. The summed E-state index contributed by atoms with van der Waals surface area (Å²) in [6.07, 6.45) is 4.60. The number of hydrogen-bond donors (Lipinski definition) is 2. The van der Waals surface area contributed by atoms with Crippen molar-refractivity contribution in [3.63, 3.8) is 0 Å². The van der Waals surface area contributed by atoms with Gasteiger partial charge >= 0.3 is 0 Å². The van der Waals surface area contributed by atoms with Crippen molar-refractivity contribution in [1.82, 2.24) is 10.6 Å². The number of carbonyl (C=O) groups excluding carboxylic acids is 1. The van der Waals surface area contributed by atoms with Crippen LogP contribution in [0.25, 0.3) is 0 Å². The average Bonchev–Trinajstić information content (AvgIpc) is 2.96. The first-order valence-corrected chi connectivity index (χ1v) is 8.05. The lowest BCUT2D eigenvalue weighted by atomic mass is 9.67. The van der Waals surface area contributed by atoms with Crippen LogP contribution in [0, 0.1) is 23.0 Å². The third kappa shape index (κ3) is 2.74. The summed E-state index contributed by atoms with van der Waals surface area (Å²) in [5.74, 6) is -1.17. The first-order chi connectivity index (χ1) is 10.6. The molecule has 1 aliphatic carbocycles. The first kappa shape index (κ1) is 15.4. The zero-order valence-electron chi connectivity index (χ0n) is 12.6. The minimum absolute atomic E-state index is 0.0685. The molecule has 1 aromatic rings. The second kappa shape index (κ2) is 6.32. The SMILES string of the molecule is O=C(NCCc1cccc(F)c1F)[C@@]12CCCC[C@H]1CNC2. The normalized spacial score (nSPS) is 27.5. The maximum atomic E-state index is 13.6. The Morgan fingerprint density at radius 1 is 1.36 bits per heavy atom. The maximum Gasteiger partial charge on any atom is 0.227 e. The number of fused-ring (bicyclic) bond motifs is 1. The van der Waals surface area contributed by atoms with Gasteiger partial charge in [-0.3, -0.25) is 4.79 Å². The van der Waals surface area contributed by atoms with E-state index >= 15 is 0 Å². The topological polar surface area (TPSA) is 41.1 Å². The van der Waals surface area contributed by atoms with Gasteiger partial charge in [0, 0.05) is 13.1 Å². The predicted molar refractivity (Wildman–Crippen MR) is 80.3 cm³/mol. The third-order valence-electron chi connectivity index (χ3n) is 5.20. The summed E-state index contributed by atoms with van der Waals surface area (Å²) >= 11 is 0.